The first-order valence-electron chi connectivity index (χ1n) is 11.0. The van der Waals surface area contributed by atoms with Crippen molar-refractivity contribution in [3.63, 3.8) is 0 Å². The first-order chi connectivity index (χ1) is 16.4. The number of hydrogen-bond donors (Lipinski definition) is 3. The third-order valence-electron chi connectivity index (χ3n) is 5.88. The maximum atomic E-state index is 13.1. The minimum Gasteiger partial charge on any atom is -0.480 e. The number of methoxy groups -OCH3 is 1. The Bertz CT molecular complexity index is 1200. The highest BCUT2D eigenvalue weighted by atomic mass is 31.2. The number of aromatic nitrogens is 4. The molecular weight excluding hydrogens is 459 g/mol. The summed E-state index contributed by atoms with van der Waals surface area (Å²) in [5.74, 6) is 1.30. The zero-order valence-corrected chi connectivity index (χ0v) is 19.7. The van der Waals surface area contributed by atoms with Gasteiger partial charge in [-0.3, -0.25) is 9.59 Å². The van der Waals surface area contributed by atoms with Gasteiger partial charge in [0.2, 0.25) is 11.8 Å². The van der Waals surface area contributed by atoms with Crippen LogP contribution in [0.3, 0.4) is 0 Å². The lowest BCUT2D eigenvalue weighted by molar-refractivity contribution is -0.117. The lowest BCUT2D eigenvalue weighted by Gasteiger charge is -2.33. The molecule has 0 spiro atoms. The van der Waals surface area contributed by atoms with E-state index in [1.54, 1.807) is 24.4 Å². The number of carbonyl (C=O) groups is 1. The summed E-state index contributed by atoms with van der Waals surface area (Å²) in [7, 11) is -0.385. The van der Waals surface area contributed by atoms with Gasteiger partial charge in [-0.1, -0.05) is 6.07 Å². The second-order valence-electron chi connectivity index (χ2n) is 8.14. The number of pyridine rings is 2. The molecule has 3 N–H and O–H groups in total. The summed E-state index contributed by atoms with van der Waals surface area (Å²) in [5, 5.41) is 7.66. The molecule has 34 heavy (non-hydrogen) atoms. The van der Waals surface area contributed by atoms with Gasteiger partial charge in [0.25, 0.3) is 5.56 Å². The second kappa shape index (κ2) is 10.9. The van der Waals surface area contributed by atoms with Crippen LogP contribution in [0, 0.1) is 5.92 Å². The molecule has 0 aromatic carbocycles. The molecule has 0 aliphatic carbocycles. The van der Waals surface area contributed by atoms with Gasteiger partial charge < -0.3 is 24.7 Å². The summed E-state index contributed by atoms with van der Waals surface area (Å²) in [6, 6.07) is 6.96. The third-order valence-corrected chi connectivity index (χ3v) is 6.54. The molecule has 12 heteroatoms. The fourth-order valence-corrected chi connectivity index (χ4v) is 4.68. The summed E-state index contributed by atoms with van der Waals surface area (Å²) in [5.41, 5.74) is -0.465. The summed E-state index contributed by atoms with van der Waals surface area (Å²) < 4.78 is 6.52. The molecule has 1 amide bonds. The molecule has 0 saturated carbocycles. The van der Waals surface area contributed by atoms with Crippen LogP contribution in [0.4, 0.5) is 11.6 Å². The topological polar surface area (TPSA) is 143 Å². The van der Waals surface area contributed by atoms with Crippen molar-refractivity contribution in [2.24, 2.45) is 5.92 Å². The van der Waals surface area contributed by atoms with Crippen molar-refractivity contribution in [2.75, 3.05) is 36.6 Å². The van der Waals surface area contributed by atoms with E-state index in [-0.39, 0.29) is 17.8 Å². The van der Waals surface area contributed by atoms with Crippen LogP contribution in [0.1, 0.15) is 19.3 Å². The largest absolute Gasteiger partial charge is 0.480 e. The maximum Gasteiger partial charge on any atom is 0.280 e. The molecule has 1 fully saturated rings. The van der Waals surface area contributed by atoms with E-state index in [1.165, 1.54) is 13.3 Å². The fraction of sp³-hybridized carbons (Fsp3) is 0.409. The van der Waals surface area contributed by atoms with E-state index in [0.29, 0.717) is 29.1 Å². The SMILES string of the molecule is COc1nc(N2CCC(CCP(O)O)CC2)cc2cnn(CC(=O)Nc3ccccn3)c(=O)c12. The maximum absolute atomic E-state index is 13.1. The highest BCUT2D eigenvalue weighted by molar-refractivity contribution is 7.45. The van der Waals surface area contributed by atoms with Gasteiger partial charge in [-0.2, -0.15) is 10.1 Å². The summed E-state index contributed by atoms with van der Waals surface area (Å²) in [4.78, 5) is 54.5. The number of rotatable bonds is 8. The van der Waals surface area contributed by atoms with Crippen LogP contribution in [-0.4, -0.2) is 61.8 Å². The summed E-state index contributed by atoms with van der Waals surface area (Å²) in [6.07, 6.45) is 6.20. The summed E-state index contributed by atoms with van der Waals surface area (Å²) in [6.45, 7) is 1.28. The lowest BCUT2D eigenvalue weighted by atomic mass is 9.94. The third kappa shape index (κ3) is 5.67. The molecule has 1 saturated heterocycles. The number of nitrogens with zero attached hydrogens (tertiary/aromatic N) is 5. The highest BCUT2D eigenvalue weighted by Crippen LogP contribution is 2.32. The van der Waals surface area contributed by atoms with E-state index >= 15 is 0 Å². The minimum absolute atomic E-state index is 0.187. The monoisotopic (exact) mass is 486 g/mol. The van der Waals surface area contributed by atoms with E-state index in [1.807, 2.05) is 6.07 Å². The van der Waals surface area contributed by atoms with Gasteiger partial charge in [-0.15, -0.1) is 0 Å². The van der Waals surface area contributed by atoms with Crippen molar-refractivity contribution in [1.29, 1.82) is 0 Å². The molecule has 180 valence electrons. The second-order valence-corrected chi connectivity index (χ2v) is 9.33. The van der Waals surface area contributed by atoms with Gasteiger partial charge in [0.1, 0.15) is 23.6 Å². The number of nitrogens with one attached hydrogen (secondary N) is 1. The molecule has 0 bridgehead atoms. The molecule has 3 aromatic rings. The number of carbonyl (C=O) groups excluding carboxylic acids is 1. The normalized spacial score (nSPS) is 14.5. The van der Waals surface area contributed by atoms with E-state index in [2.05, 4.69) is 25.3 Å². The molecule has 11 nitrogen and oxygen atoms in total. The van der Waals surface area contributed by atoms with E-state index in [9.17, 15) is 9.59 Å². The summed E-state index contributed by atoms with van der Waals surface area (Å²) >= 11 is 0. The Morgan fingerprint density at radius 2 is 2.09 bits per heavy atom. The van der Waals surface area contributed by atoms with Crippen molar-refractivity contribution < 1.29 is 19.3 Å². The Labute approximate surface area is 197 Å². The Balaban J connectivity index is 1.51. The van der Waals surface area contributed by atoms with Gasteiger partial charge in [-0.05, 0) is 43.4 Å². The molecule has 4 heterocycles. The van der Waals surface area contributed by atoms with E-state index in [0.717, 1.165) is 37.0 Å². The minimum atomic E-state index is -1.84. The first kappa shape index (κ1) is 24.0. The van der Waals surface area contributed by atoms with Crippen LogP contribution in [0.5, 0.6) is 5.88 Å². The van der Waals surface area contributed by atoms with Gasteiger partial charge in [0, 0.05) is 30.8 Å². The van der Waals surface area contributed by atoms with Gasteiger partial charge in [-0.25, -0.2) is 9.67 Å². The van der Waals surface area contributed by atoms with Crippen LogP contribution in [0.25, 0.3) is 10.8 Å². The molecule has 0 atom stereocenters. The Morgan fingerprint density at radius 3 is 2.76 bits per heavy atom. The van der Waals surface area contributed by atoms with Crippen molar-refractivity contribution in [3.8, 4) is 5.88 Å². The van der Waals surface area contributed by atoms with E-state index < -0.39 is 19.8 Å². The lowest BCUT2D eigenvalue weighted by Crippen LogP contribution is -2.34. The average Bonchev–Trinajstić information content (AvgIpc) is 2.84. The predicted octanol–water partition coefficient (Wildman–Crippen LogP) is 1.74. The molecule has 0 radical (unpaired) electrons. The fourth-order valence-electron chi connectivity index (χ4n) is 4.08. The Kier molecular flexibility index (Phi) is 7.66. The number of hydrogen-bond acceptors (Lipinski definition) is 9. The number of anilines is 2. The molecule has 4 rings (SSSR count). The van der Waals surface area contributed by atoms with Crippen molar-refractivity contribution in [2.45, 2.75) is 25.8 Å². The van der Waals surface area contributed by atoms with Gasteiger partial charge >= 0.3 is 0 Å². The zero-order chi connectivity index (χ0) is 24.1. The van der Waals surface area contributed by atoms with Crippen LogP contribution in [0.2, 0.25) is 0 Å². The number of amides is 1. The van der Waals surface area contributed by atoms with Crippen LogP contribution in [-0.2, 0) is 11.3 Å². The molecular formula is C22H27N6O5P. The highest BCUT2D eigenvalue weighted by Gasteiger charge is 2.23. The molecule has 1 aliphatic rings. The quantitative estimate of drug-likeness (QED) is 0.406. The Hall–Kier alpha value is -3.14. The average molecular weight is 486 g/mol. The van der Waals surface area contributed by atoms with Crippen molar-refractivity contribution in [1.82, 2.24) is 19.7 Å². The number of ether oxygens (including phenoxy) is 1. The number of piperidine rings is 1. The smallest absolute Gasteiger partial charge is 0.280 e. The van der Waals surface area contributed by atoms with Gasteiger partial charge in [0.05, 0.1) is 13.3 Å². The number of fused-ring (bicyclic) bond motifs is 1. The van der Waals surface area contributed by atoms with Crippen molar-refractivity contribution >= 4 is 36.7 Å². The molecule has 0 unspecified atom stereocenters. The zero-order valence-electron chi connectivity index (χ0n) is 18.8. The van der Waals surface area contributed by atoms with Crippen molar-refractivity contribution in [3.05, 3.63) is 47.0 Å². The molecule has 1 aliphatic heterocycles. The van der Waals surface area contributed by atoms with Crippen LogP contribution in [0.15, 0.2) is 41.5 Å². The molecule has 3 aromatic heterocycles. The Morgan fingerprint density at radius 1 is 1.29 bits per heavy atom. The predicted molar refractivity (Wildman–Crippen MR) is 129 cm³/mol. The standard InChI is InChI=1S/C22H27N6O5P/c1-33-21-20-16(12-18(26-21)27-9-5-15(6-10-27)7-11-34(31)32)13-24-28(22(20)30)14-19(29)25-17-4-2-3-8-23-17/h2-4,8,12-13,15,31-32H,5-7,9-11,14H2,1H3,(H,23,25,29). The first-order valence-corrected chi connectivity index (χ1v) is 12.4. The van der Waals surface area contributed by atoms with Gasteiger partial charge in [0.15, 0.2) is 8.38 Å². The van der Waals surface area contributed by atoms with E-state index in [4.69, 9.17) is 14.5 Å². The van der Waals surface area contributed by atoms with Crippen LogP contribution < -0.4 is 20.5 Å². The van der Waals surface area contributed by atoms with Crippen LogP contribution >= 0.6 is 8.38 Å².